The minimum Gasteiger partial charge on any atom is -0.404 e. The lowest BCUT2D eigenvalue weighted by Gasteiger charge is -2.42. The summed E-state index contributed by atoms with van der Waals surface area (Å²) in [6, 6.07) is 3.46. The lowest BCUT2D eigenvalue weighted by atomic mass is 9.85. The Morgan fingerprint density at radius 1 is 1.33 bits per heavy atom. The van der Waals surface area contributed by atoms with Crippen LogP contribution in [0.3, 0.4) is 0 Å². The number of allylic oxidation sites excluding steroid dienone is 1. The van der Waals surface area contributed by atoms with E-state index in [0.29, 0.717) is 29.8 Å². The Labute approximate surface area is 161 Å². The third kappa shape index (κ3) is 3.04. The maximum Gasteiger partial charge on any atom is 0.255 e. The van der Waals surface area contributed by atoms with E-state index >= 15 is 0 Å². The Balaban J connectivity index is 1.57. The summed E-state index contributed by atoms with van der Waals surface area (Å²) in [5, 5.41) is 20.3. The zero-order valence-corrected chi connectivity index (χ0v) is 15.5. The number of carbonyl (C=O) groups is 1. The number of aromatic nitrogens is 2. The molecule has 0 aromatic carbocycles. The molecule has 8 heteroatoms. The Bertz CT molecular complexity index is 881. The lowest BCUT2D eigenvalue weighted by molar-refractivity contribution is -0.0539. The van der Waals surface area contributed by atoms with Crippen molar-refractivity contribution >= 4 is 29.0 Å². The zero-order chi connectivity index (χ0) is 19.0. The molecular weight excluding hydrogens is 362 g/mol. The topological polar surface area (TPSA) is 116 Å². The predicted molar refractivity (Wildman–Crippen MR) is 103 cm³/mol. The number of rotatable bonds is 4. The SMILES string of the molecule is N=C/C(=C\N)c1cc(C(=O)N2[C@@H]3CC[C@H]2CC(O)(c2ncccn2)C3)cs1. The van der Waals surface area contributed by atoms with Crippen LogP contribution in [0.4, 0.5) is 0 Å². The monoisotopic (exact) mass is 383 g/mol. The summed E-state index contributed by atoms with van der Waals surface area (Å²) < 4.78 is 0. The molecule has 2 fully saturated rings. The Hall–Kier alpha value is -2.58. The molecule has 27 heavy (non-hydrogen) atoms. The molecule has 3 atom stereocenters. The van der Waals surface area contributed by atoms with Gasteiger partial charge in [0.2, 0.25) is 0 Å². The van der Waals surface area contributed by atoms with E-state index in [2.05, 4.69) is 9.97 Å². The smallest absolute Gasteiger partial charge is 0.255 e. The molecular formula is C19H21N5O2S. The molecule has 4 heterocycles. The second-order valence-electron chi connectivity index (χ2n) is 7.08. The standard InChI is InChI=1S/C19H21N5O2S/c20-9-13(10-21)16-6-12(11-27-16)17(25)24-14-2-3-15(24)8-19(26,7-14)18-22-4-1-5-23-18/h1,4-6,9-11,14-15,20,26H,2-3,7-8,21H2/b13-10+,20-9?/t14-,15+,19?. The van der Waals surface area contributed by atoms with Gasteiger partial charge in [-0.25, -0.2) is 9.97 Å². The van der Waals surface area contributed by atoms with Crippen molar-refractivity contribution in [1.82, 2.24) is 14.9 Å². The van der Waals surface area contributed by atoms with E-state index in [4.69, 9.17) is 11.1 Å². The van der Waals surface area contributed by atoms with E-state index in [-0.39, 0.29) is 18.0 Å². The van der Waals surface area contributed by atoms with Crippen molar-refractivity contribution < 1.29 is 9.90 Å². The van der Waals surface area contributed by atoms with Crippen LogP contribution in [0.1, 0.15) is 46.7 Å². The van der Waals surface area contributed by atoms with Gasteiger partial charge in [0.25, 0.3) is 5.91 Å². The van der Waals surface area contributed by atoms with E-state index < -0.39 is 5.60 Å². The first-order chi connectivity index (χ1) is 13.1. The van der Waals surface area contributed by atoms with Crippen LogP contribution in [-0.4, -0.2) is 44.2 Å². The number of fused-ring (bicyclic) bond motifs is 2. The van der Waals surface area contributed by atoms with E-state index in [0.717, 1.165) is 17.7 Å². The number of piperidine rings is 1. The Morgan fingerprint density at radius 2 is 2.00 bits per heavy atom. The number of nitrogens with two attached hydrogens (primary N) is 1. The van der Waals surface area contributed by atoms with Crippen LogP contribution >= 0.6 is 11.3 Å². The third-order valence-corrected chi connectivity index (χ3v) is 6.43. The molecule has 2 aromatic rings. The van der Waals surface area contributed by atoms with Crippen molar-refractivity contribution in [1.29, 1.82) is 5.41 Å². The molecule has 0 spiro atoms. The summed E-state index contributed by atoms with van der Waals surface area (Å²) in [5.41, 5.74) is 5.66. The van der Waals surface area contributed by atoms with Gasteiger partial charge < -0.3 is 21.1 Å². The van der Waals surface area contributed by atoms with Gasteiger partial charge in [-0.15, -0.1) is 11.3 Å². The molecule has 4 rings (SSSR count). The molecule has 2 bridgehead atoms. The van der Waals surface area contributed by atoms with Crippen LogP contribution in [0.2, 0.25) is 0 Å². The fourth-order valence-electron chi connectivity index (χ4n) is 4.23. The maximum atomic E-state index is 13.1. The summed E-state index contributed by atoms with van der Waals surface area (Å²) >= 11 is 1.40. The van der Waals surface area contributed by atoms with Crippen molar-refractivity contribution in [2.75, 3.05) is 0 Å². The second kappa shape index (κ2) is 6.86. The summed E-state index contributed by atoms with van der Waals surface area (Å²) in [4.78, 5) is 24.3. The molecule has 2 saturated heterocycles. The highest BCUT2D eigenvalue weighted by Crippen LogP contribution is 2.45. The average molecular weight is 383 g/mol. The molecule has 1 unspecified atom stereocenters. The number of nitrogens with zero attached hydrogens (tertiary/aromatic N) is 3. The van der Waals surface area contributed by atoms with Crippen molar-refractivity contribution in [2.45, 2.75) is 43.4 Å². The number of amides is 1. The summed E-state index contributed by atoms with van der Waals surface area (Å²) in [5.74, 6) is 0.415. The highest BCUT2D eigenvalue weighted by molar-refractivity contribution is 7.11. The van der Waals surface area contributed by atoms with Gasteiger partial charge in [0.1, 0.15) is 5.60 Å². The fraction of sp³-hybridized carbons (Fsp3) is 0.368. The third-order valence-electron chi connectivity index (χ3n) is 5.45. The lowest BCUT2D eigenvalue weighted by Crippen LogP contribution is -2.52. The van der Waals surface area contributed by atoms with Gasteiger partial charge in [0.05, 0.1) is 5.56 Å². The first-order valence-corrected chi connectivity index (χ1v) is 9.77. The Kier molecular flexibility index (Phi) is 4.53. The van der Waals surface area contributed by atoms with Gasteiger partial charge in [-0.3, -0.25) is 4.79 Å². The molecule has 0 aliphatic carbocycles. The molecule has 2 aromatic heterocycles. The van der Waals surface area contributed by atoms with Gasteiger partial charge in [-0.05, 0) is 25.0 Å². The second-order valence-corrected chi connectivity index (χ2v) is 7.99. The maximum absolute atomic E-state index is 13.1. The molecule has 1 amide bonds. The van der Waals surface area contributed by atoms with Crippen LogP contribution in [0.25, 0.3) is 5.57 Å². The normalized spacial score (nSPS) is 27.6. The fourth-order valence-corrected chi connectivity index (χ4v) is 5.11. The van der Waals surface area contributed by atoms with Crippen LogP contribution < -0.4 is 5.73 Å². The highest BCUT2D eigenvalue weighted by atomic mass is 32.1. The molecule has 2 aliphatic heterocycles. The summed E-state index contributed by atoms with van der Waals surface area (Å²) in [7, 11) is 0. The van der Waals surface area contributed by atoms with Crippen molar-refractivity contribution in [3.8, 4) is 0 Å². The van der Waals surface area contributed by atoms with Gasteiger partial charge in [0.15, 0.2) is 5.82 Å². The van der Waals surface area contributed by atoms with Crippen LogP contribution in [-0.2, 0) is 5.60 Å². The number of aliphatic hydroxyl groups is 1. The largest absolute Gasteiger partial charge is 0.404 e. The molecule has 7 nitrogen and oxygen atoms in total. The first kappa shape index (κ1) is 17.8. The molecule has 140 valence electrons. The van der Waals surface area contributed by atoms with Crippen molar-refractivity contribution in [2.24, 2.45) is 5.73 Å². The average Bonchev–Trinajstić information content (AvgIpc) is 3.27. The van der Waals surface area contributed by atoms with Crippen LogP contribution in [0.5, 0.6) is 0 Å². The summed E-state index contributed by atoms with van der Waals surface area (Å²) in [6.45, 7) is 0. The number of carbonyl (C=O) groups excluding carboxylic acids is 1. The van der Waals surface area contributed by atoms with Gasteiger partial charge in [-0.2, -0.15) is 0 Å². The highest BCUT2D eigenvalue weighted by Gasteiger charge is 2.51. The van der Waals surface area contributed by atoms with E-state index in [1.165, 1.54) is 23.8 Å². The summed E-state index contributed by atoms with van der Waals surface area (Å²) in [6.07, 6.45) is 8.47. The zero-order valence-electron chi connectivity index (χ0n) is 14.7. The molecule has 0 radical (unpaired) electrons. The molecule has 2 aliphatic rings. The van der Waals surface area contributed by atoms with Crippen molar-refractivity contribution in [3.05, 3.63) is 52.4 Å². The predicted octanol–water partition coefficient (Wildman–Crippen LogP) is 2.14. The van der Waals surface area contributed by atoms with Crippen molar-refractivity contribution in [3.63, 3.8) is 0 Å². The minimum atomic E-state index is -1.08. The Morgan fingerprint density at radius 3 is 2.59 bits per heavy atom. The quantitative estimate of drug-likeness (QED) is 0.700. The number of thiophene rings is 1. The first-order valence-electron chi connectivity index (χ1n) is 8.89. The minimum absolute atomic E-state index is 0.0256. The van der Waals surface area contributed by atoms with Crippen LogP contribution in [0, 0.1) is 5.41 Å². The molecule has 4 N–H and O–H groups in total. The van der Waals surface area contributed by atoms with E-state index in [1.807, 2.05) is 10.3 Å². The van der Waals surface area contributed by atoms with E-state index in [9.17, 15) is 9.90 Å². The van der Waals surface area contributed by atoms with Crippen LogP contribution in [0.15, 0.2) is 36.1 Å². The number of nitrogens with one attached hydrogen (secondary N) is 1. The molecule has 0 saturated carbocycles. The number of hydrogen-bond acceptors (Lipinski definition) is 7. The number of hydrogen-bond donors (Lipinski definition) is 3. The van der Waals surface area contributed by atoms with Gasteiger partial charge in [0, 0.05) is 65.6 Å². The van der Waals surface area contributed by atoms with Gasteiger partial charge >= 0.3 is 0 Å². The van der Waals surface area contributed by atoms with Gasteiger partial charge in [-0.1, -0.05) is 0 Å². The van der Waals surface area contributed by atoms with E-state index in [1.54, 1.807) is 24.5 Å².